The minimum absolute atomic E-state index is 0.00948. The van der Waals surface area contributed by atoms with E-state index in [1.54, 1.807) is 4.57 Å². The zero-order valence-electron chi connectivity index (χ0n) is 13.8. The van der Waals surface area contributed by atoms with Gasteiger partial charge in [0.2, 0.25) is 5.43 Å². The number of nitrogens with two attached hydrogens (primary N) is 1. The Balaban J connectivity index is 1.96. The summed E-state index contributed by atoms with van der Waals surface area (Å²) in [5.41, 5.74) is 4.60. The molecule has 9 heteroatoms. The van der Waals surface area contributed by atoms with Crippen molar-refractivity contribution in [3.8, 4) is 11.3 Å². The first-order valence-electron chi connectivity index (χ1n) is 8.10. The Morgan fingerprint density at radius 1 is 1.22 bits per heavy atom. The lowest BCUT2D eigenvalue weighted by Gasteiger charge is -2.13. The Kier molecular flexibility index (Phi) is 3.72. The maximum absolute atomic E-state index is 14.7. The maximum atomic E-state index is 14.7. The summed E-state index contributed by atoms with van der Waals surface area (Å²) >= 11 is 0. The number of pyridine rings is 1. The van der Waals surface area contributed by atoms with E-state index in [9.17, 15) is 23.9 Å². The minimum atomic E-state index is -1.35. The Labute approximate surface area is 151 Å². The summed E-state index contributed by atoms with van der Waals surface area (Å²) in [6.07, 6.45) is 5.35. The van der Waals surface area contributed by atoms with Gasteiger partial charge < -0.3 is 15.4 Å². The molecule has 2 heterocycles. The van der Waals surface area contributed by atoms with Crippen LogP contribution in [0.2, 0.25) is 0 Å². The Morgan fingerprint density at radius 2 is 1.96 bits per heavy atom. The zero-order chi connectivity index (χ0) is 19.3. The predicted molar refractivity (Wildman–Crippen MR) is 92.9 cm³/mol. The van der Waals surface area contributed by atoms with Crippen LogP contribution in [0.15, 0.2) is 35.5 Å². The molecule has 0 saturated heterocycles. The van der Waals surface area contributed by atoms with Crippen LogP contribution < -0.4 is 11.2 Å². The summed E-state index contributed by atoms with van der Waals surface area (Å²) in [4.78, 5) is 42.8. The quantitative estimate of drug-likeness (QED) is 0.722. The number of carbonyl (C=O) groups is 2. The van der Waals surface area contributed by atoms with Crippen LogP contribution >= 0.6 is 0 Å². The van der Waals surface area contributed by atoms with E-state index in [1.165, 1.54) is 18.5 Å². The van der Waals surface area contributed by atoms with Crippen LogP contribution in [0.5, 0.6) is 0 Å². The number of amides is 1. The summed E-state index contributed by atoms with van der Waals surface area (Å²) in [5, 5.41) is 9.25. The fraction of sp³-hybridized carbons (Fsp3) is 0.167. The van der Waals surface area contributed by atoms with Crippen LogP contribution in [0, 0.1) is 5.82 Å². The lowest BCUT2D eigenvalue weighted by atomic mass is 10.1. The molecule has 4 rings (SSSR count). The van der Waals surface area contributed by atoms with Gasteiger partial charge in [0.1, 0.15) is 17.1 Å². The third-order valence-corrected chi connectivity index (χ3v) is 4.47. The molecule has 0 aliphatic heterocycles. The molecule has 3 aromatic rings. The predicted octanol–water partition coefficient (Wildman–Crippen LogP) is 1.73. The number of primary amides is 1. The highest BCUT2D eigenvalue weighted by Crippen LogP contribution is 2.38. The number of hydrogen-bond acceptors (Lipinski definition) is 5. The van der Waals surface area contributed by atoms with Crippen LogP contribution in [-0.2, 0) is 0 Å². The van der Waals surface area contributed by atoms with E-state index in [1.807, 2.05) is 0 Å². The van der Waals surface area contributed by atoms with Crippen molar-refractivity contribution >= 4 is 22.8 Å². The van der Waals surface area contributed by atoms with E-state index in [0.717, 1.165) is 25.1 Å². The molecule has 0 unspecified atom stereocenters. The summed E-state index contributed by atoms with van der Waals surface area (Å²) in [7, 11) is 0. The number of aromatic nitrogens is 3. The largest absolute Gasteiger partial charge is 0.477 e. The smallest absolute Gasteiger partial charge is 0.341 e. The van der Waals surface area contributed by atoms with Gasteiger partial charge in [-0.15, -0.1) is 0 Å². The third-order valence-electron chi connectivity index (χ3n) is 4.47. The highest BCUT2D eigenvalue weighted by molar-refractivity contribution is 5.94. The molecule has 1 saturated carbocycles. The third kappa shape index (κ3) is 2.82. The van der Waals surface area contributed by atoms with E-state index in [2.05, 4.69) is 9.97 Å². The number of carbonyl (C=O) groups excluding carboxylic acids is 1. The average molecular weight is 368 g/mol. The second-order valence-corrected chi connectivity index (χ2v) is 6.32. The van der Waals surface area contributed by atoms with Crippen molar-refractivity contribution in [1.82, 2.24) is 14.5 Å². The molecule has 27 heavy (non-hydrogen) atoms. The second kappa shape index (κ2) is 5.97. The average Bonchev–Trinajstić information content (AvgIpc) is 3.47. The highest BCUT2D eigenvalue weighted by Gasteiger charge is 2.27. The molecule has 0 atom stereocenters. The number of carboxylic acid groups (broad SMARTS) is 1. The number of fused-ring (bicyclic) bond motifs is 1. The first-order valence-corrected chi connectivity index (χ1v) is 8.10. The molecule has 1 aliphatic rings. The molecule has 3 N–H and O–H groups in total. The molecular formula is C18H13FN4O4. The number of nitrogens with zero attached hydrogens (tertiary/aromatic N) is 3. The number of carboxylic acids is 1. The molecule has 1 aliphatic carbocycles. The van der Waals surface area contributed by atoms with Crippen molar-refractivity contribution < 1.29 is 19.1 Å². The summed E-state index contributed by atoms with van der Waals surface area (Å²) in [6.45, 7) is 0. The molecule has 8 nitrogen and oxygen atoms in total. The molecular weight excluding hydrogens is 355 g/mol. The number of halogens is 1. The molecule has 1 amide bonds. The number of hydrogen-bond donors (Lipinski definition) is 2. The van der Waals surface area contributed by atoms with Gasteiger partial charge in [-0.05, 0) is 25.0 Å². The molecule has 0 radical (unpaired) electrons. The molecule has 2 aromatic heterocycles. The number of benzene rings is 1. The molecule has 0 spiro atoms. The molecule has 136 valence electrons. The molecule has 0 bridgehead atoms. The molecule has 1 aromatic carbocycles. The Morgan fingerprint density at radius 3 is 2.52 bits per heavy atom. The van der Waals surface area contributed by atoms with Crippen molar-refractivity contribution in [3.05, 3.63) is 58.0 Å². The van der Waals surface area contributed by atoms with Gasteiger partial charge >= 0.3 is 5.97 Å². The van der Waals surface area contributed by atoms with Gasteiger partial charge in [-0.25, -0.2) is 14.2 Å². The Bertz CT molecular complexity index is 1170. The number of aromatic carboxylic acids is 1. The zero-order valence-corrected chi connectivity index (χ0v) is 13.8. The molecule has 1 fully saturated rings. The van der Waals surface area contributed by atoms with Gasteiger partial charge in [-0.2, -0.15) is 0 Å². The van der Waals surface area contributed by atoms with Crippen LogP contribution in [0.3, 0.4) is 0 Å². The number of rotatable bonds is 4. The second-order valence-electron chi connectivity index (χ2n) is 6.32. The monoisotopic (exact) mass is 368 g/mol. The SMILES string of the molecule is NC(=O)c1cnc(-c2cc3c(cc2F)c(=O)c(C(=O)O)cn3C2CC2)cn1. The van der Waals surface area contributed by atoms with Gasteiger partial charge in [0, 0.05) is 23.2 Å². The summed E-state index contributed by atoms with van der Waals surface area (Å²) in [5.74, 6) is -2.85. The van der Waals surface area contributed by atoms with Crippen LogP contribution in [0.1, 0.15) is 39.7 Å². The standard InChI is InChI=1S/C18H13FN4O4/c19-12-3-10-15(4-9(12)13-5-22-14(6-21-13)17(20)25)23(8-1-2-8)7-11(16(10)24)18(26)27/h3-8H,1-2H2,(H2,20,25)(H,26,27). The van der Waals surface area contributed by atoms with Crippen molar-refractivity contribution in [1.29, 1.82) is 0 Å². The van der Waals surface area contributed by atoms with Crippen LogP contribution in [0.4, 0.5) is 4.39 Å². The maximum Gasteiger partial charge on any atom is 0.341 e. The topological polar surface area (TPSA) is 128 Å². The fourth-order valence-corrected chi connectivity index (χ4v) is 2.97. The van der Waals surface area contributed by atoms with Gasteiger partial charge in [0.05, 0.1) is 23.6 Å². The van der Waals surface area contributed by atoms with Crippen LogP contribution in [-0.4, -0.2) is 31.5 Å². The first-order chi connectivity index (χ1) is 12.9. The first kappa shape index (κ1) is 16.8. The van der Waals surface area contributed by atoms with E-state index >= 15 is 0 Å². The van der Waals surface area contributed by atoms with Crippen LogP contribution in [0.25, 0.3) is 22.2 Å². The van der Waals surface area contributed by atoms with E-state index < -0.39 is 28.7 Å². The van der Waals surface area contributed by atoms with Gasteiger partial charge in [-0.3, -0.25) is 14.6 Å². The van der Waals surface area contributed by atoms with Crippen molar-refractivity contribution in [2.75, 3.05) is 0 Å². The van der Waals surface area contributed by atoms with Crippen molar-refractivity contribution in [2.45, 2.75) is 18.9 Å². The van der Waals surface area contributed by atoms with E-state index in [-0.39, 0.29) is 28.4 Å². The van der Waals surface area contributed by atoms with Gasteiger partial charge in [0.15, 0.2) is 0 Å². The van der Waals surface area contributed by atoms with E-state index in [4.69, 9.17) is 5.73 Å². The van der Waals surface area contributed by atoms with Crippen molar-refractivity contribution in [2.24, 2.45) is 5.73 Å². The normalized spacial score (nSPS) is 13.7. The lowest BCUT2D eigenvalue weighted by molar-refractivity contribution is 0.0694. The summed E-state index contributed by atoms with van der Waals surface area (Å²) in [6, 6.07) is 2.53. The summed E-state index contributed by atoms with van der Waals surface area (Å²) < 4.78 is 16.4. The highest BCUT2D eigenvalue weighted by atomic mass is 19.1. The fourth-order valence-electron chi connectivity index (χ4n) is 2.97. The lowest BCUT2D eigenvalue weighted by Crippen LogP contribution is -2.19. The Hall–Kier alpha value is -3.62. The van der Waals surface area contributed by atoms with Gasteiger partial charge in [-0.1, -0.05) is 0 Å². The van der Waals surface area contributed by atoms with E-state index in [0.29, 0.717) is 5.52 Å². The van der Waals surface area contributed by atoms with Crippen molar-refractivity contribution in [3.63, 3.8) is 0 Å². The van der Waals surface area contributed by atoms with Gasteiger partial charge in [0.25, 0.3) is 5.91 Å². The minimum Gasteiger partial charge on any atom is -0.477 e.